The van der Waals surface area contributed by atoms with E-state index in [-0.39, 0.29) is 12.0 Å². The number of hydrogen-bond donors (Lipinski definition) is 2. The normalized spacial score (nSPS) is 11.5. The number of nitrogens with zero attached hydrogens (tertiary/aromatic N) is 3. The van der Waals surface area contributed by atoms with Gasteiger partial charge in [0.15, 0.2) is 5.58 Å². The number of nitrogens with one attached hydrogen (secondary N) is 2. The third kappa shape index (κ3) is 5.77. The standard InChI is InChI=1S/C30H30FN5O3/c1-18-6-9-22(10-7-18)36-28(16-27(34-36)30(3,4)5)33-29(37)32-17-20-14-21(31)8-13-25(20)38-23-11-12-24-19(2)35-39-26(24)15-23/h6-16H,17H2,1-5H3,(H2,32,33,37). The van der Waals surface area contributed by atoms with Crippen LogP contribution in [0.2, 0.25) is 0 Å². The molecule has 0 radical (unpaired) electrons. The van der Waals surface area contributed by atoms with Crippen LogP contribution in [0.1, 0.15) is 43.3 Å². The molecule has 0 bridgehead atoms. The Balaban J connectivity index is 1.33. The highest BCUT2D eigenvalue weighted by molar-refractivity contribution is 5.88. The molecule has 5 rings (SSSR count). The third-order valence-electron chi connectivity index (χ3n) is 6.31. The molecule has 2 aromatic heterocycles. The van der Waals surface area contributed by atoms with Crippen molar-refractivity contribution in [1.82, 2.24) is 20.3 Å². The van der Waals surface area contributed by atoms with Crippen molar-refractivity contribution in [2.75, 3.05) is 5.32 Å². The van der Waals surface area contributed by atoms with Crippen LogP contribution in [0, 0.1) is 19.7 Å². The SMILES string of the molecule is Cc1ccc(-n2nc(C(C)(C)C)cc2NC(=O)NCc2cc(F)ccc2Oc2ccc3c(C)noc3c2)cc1. The minimum absolute atomic E-state index is 0.0351. The maximum atomic E-state index is 14.1. The topological polar surface area (TPSA) is 94.2 Å². The van der Waals surface area contributed by atoms with Gasteiger partial charge in [0.1, 0.15) is 23.1 Å². The van der Waals surface area contributed by atoms with Gasteiger partial charge in [-0.1, -0.05) is 43.6 Å². The quantitative estimate of drug-likeness (QED) is 0.244. The molecule has 0 aliphatic rings. The Labute approximate surface area is 225 Å². The third-order valence-corrected chi connectivity index (χ3v) is 6.31. The Kier molecular flexibility index (Phi) is 6.82. The smallest absolute Gasteiger partial charge is 0.320 e. The van der Waals surface area contributed by atoms with Crippen LogP contribution in [0.15, 0.2) is 71.3 Å². The second kappa shape index (κ2) is 10.2. The number of amides is 2. The van der Waals surface area contributed by atoms with E-state index in [4.69, 9.17) is 14.4 Å². The molecule has 9 heteroatoms. The molecular formula is C30H30FN5O3. The van der Waals surface area contributed by atoms with E-state index in [2.05, 4.69) is 36.6 Å². The van der Waals surface area contributed by atoms with Gasteiger partial charge in [0.2, 0.25) is 0 Å². The highest BCUT2D eigenvalue weighted by Gasteiger charge is 2.22. The second-order valence-electron chi connectivity index (χ2n) is 10.5. The number of carbonyl (C=O) groups is 1. The summed E-state index contributed by atoms with van der Waals surface area (Å²) in [5.74, 6) is 1.00. The summed E-state index contributed by atoms with van der Waals surface area (Å²) < 4.78 is 27.2. The molecular weight excluding hydrogens is 497 g/mol. The summed E-state index contributed by atoms with van der Waals surface area (Å²) in [5.41, 5.74) is 4.41. The number of aromatic nitrogens is 3. The molecule has 2 amide bonds. The molecule has 0 fully saturated rings. The molecule has 39 heavy (non-hydrogen) atoms. The predicted molar refractivity (Wildman–Crippen MR) is 148 cm³/mol. The van der Waals surface area contributed by atoms with Crippen molar-refractivity contribution >= 4 is 22.8 Å². The first kappa shape index (κ1) is 26.0. The van der Waals surface area contributed by atoms with Crippen LogP contribution >= 0.6 is 0 Å². The van der Waals surface area contributed by atoms with Crippen LogP contribution in [-0.2, 0) is 12.0 Å². The van der Waals surface area contributed by atoms with Gasteiger partial charge in [-0.25, -0.2) is 13.9 Å². The molecule has 3 aromatic carbocycles. The Bertz CT molecular complexity index is 1650. The van der Waals surface area contributed by atoms with Gasteiger partial charge in [0.25, 0.3) is 0 Å². The molecule has 0 saturated carbocycles. The fourth-order valence-electron chi connectivity index (χ4n) is 4.08. The van der Waals surface area contributed by atoms with Crippen molar-refractivity contribution in [2.45, 2.75) is 46.6 Å². The number of anilines is 1. The Hall–Kier alpha value is -4.66. The fourth-order valence-corrected chi connectivity index (χ4v) is 4.08. The summed E-state index contributed by atoms with van der Waals surface area (Å²) in [6.45, 7) is 10.1. The van der Waals surface area contributed by atoms with Gasteiger partial charge < -0.3 is 14.6 Å². The molecule has 0 atom stereocenters. The number of ether oxygens (including phenoxy) is 1. The summed E-state index contributed by atoms with van der Waals surface area (Å²) in [6.07, 6.45) is 0. The number of halogens is 1. The lowest BCUT2D eigenvalue weighted by Crippen LogP contribution is -2.29. The Morgan fingerprint density at radius 1 is 1.03 bits per heavy atom. The van der Waals surface area contributed by atoms with Crippen molar-refractivity contribution in [3.05, 3.63) is 95.1 Å². The van der Waals surface area contributed by atoms with E-state index in [0.29, 0.717) is 28.5 Å². The lowest BCUT2D eigenvalue weighted by Gasteiger charge is -2.14. The summed E-state index contributed by atoms with van der Waals surface area (Å²) in [7, 11) is 0. The van der Waals surface area contributed by atoms with Gasteiger partial charge >= 0.3 is 6.03 Å². The van der Waals surface area contributed by atoms with Crippen molar-refractivity contribution in [1.29, 1.82) is 0 Å². The lowest BCUT2D eigenvalue weighted by atomic mass is 9.92. The van der Waals surface area contributed by atoms with Crippen molar-refractivity contribution in [3.63, 3.8) is 0 Å². The number of aryl methyl sites for hydroxylation is 2. The highest BCUT2D eigenvalue weighted by atomic mass is 19.1. The average molecular weight is 528 g/mol. The van der Waals surface area contributed by atoms with E-state index in [1.54, 1.807) is 16.8 Å². The van der Waals surface area contributed by atoms with Gasteiger partial charge in [-0.2, -0.15) is 5.10 Å². The van der Waals surface area contributed by atoms with Gasteiger partial charge in [0.05, 0.1) is 17.1 Å². The summed E-state index contributed by atoms with van der Waals surface area (Å²) >= 11 is 0. The maximum Gasteiger partial charge on any atom is 0.320 e. The lowest BCUT2D eigenvalue weighted by molar-refractivity contribution is 0.251. The molecule has 0 saturated heterocycles. The zero-order chi connectivity index (χ0) is 27.7. The number of rotatable bonds is 6. The molecule has 2 N–H and O–H groups in total. The van der Waals surface area contributed by atoms with E-state index >= 15 is 0 Å². The van der Waals surface area contributed by atoms with Crippen LogP contribution < -0.4 is 15.4 Å². The number of urea groups is 1. The molecule has 0 unspecified atom stereocenters. The van der Waals surface area contributed by atoms with E-state index in [9.17, 15) is 9.18 Å². The van der Waals surface area contributed by atoms with E-state index in [1.165, 1.54) is 18.2 Å². The highest BCUT2D eigenvalue weighted by Crippen LogP contribution is 2.30. The number of benzene rings is 3. The molecule has 5 aromatic rings. The van der Waals surface area contributed by atoms with Gasteiger partial charge in [0, 0.05) is 35.0 Å². The van der Waals surface area contributed by atoms with Crippen LogP contribution in [0.3, 0.4) is 0 Å². The minimum Gasteiger partial charge on any atom is -0.457 e. The molecule has 2 heterocycles. The zero-order valence-corrected chi connectivity index (χ0v) is 22.5. The monoisotopic (exact) mass is 527 g/mol. The second-order valence-corrected chi connectivity index (χ2v) is 10.5. The molecule has 8 nitrogen and oxygen atoms in total. The Morgan fingerprint density at radius 3 is 2.54 bits per heavy atom. The first-order valence-corrected chi connectivity index (χ1v) is 12.6. The van der Waals surface area contributed by atoms with Crippen molar-refractivity contribution < 1.29 is 18.4 Å². The summed E-state index contributed by atoms with van der Waals surface area (Å²) in [6, 6.07) is 18.8. The molecule has 0 aliphatic carbocycles. The van der Waals surface area contributed by atoms with Gasteiger partial charge in [-0.3, -0.25) is 5.32 Å². The molecule has 0 aliphatic heterocycles. The van der Waals surface area contributed by atoms with Gasteiger partial charge in [-0.15, -0.1) is 0 Å². The van der Waals surface area contributed by atoms with Crippen LogP contribution in [0.4, 0.5) is 15.0 Å². The zero-order valence-electron chi connectivity index (χ0n) is 22.5. The van der Waals surface area contributed by atoms with Crippen LogP contribution in [0.25, 0.3) is 16.7 Å². The van der Waals surface area contributed by atoms with Crippen LogP contribution in [0.5, 0.6) is 11.5 Å². The predicted octanol–water partition coefficient (Wildman–Crippen LogP) is 7.18. The average Bonchev–Trinajstić information content (AvgIpc) is 3.48. The first-order chi connectivity index (χ1) is 18.6. The van der Waals surface area contributed by atoms with E-state index < -0.39 is 11.8 Å². The molecule has 200 valence electrons. The first-order valence-electron chi connectivity index (χ1n) is 12.6. The number of carbonyl (C=O) groups excluding carboxylic acids is 1. The van der Waals surface area contributed by atoms with E-state index in [0.717, 1.165) is 28.0 Å². The van der Waals surface area contributed by atoms with Crippen molar-refractivity contribution in [2.24, 2.45) is 0 Å². The summed E-state index contributed by atoms with van der Waals surface area (Å²) in [5, 5.41) is 15.3. The van der Waals surface area contributed by atoms with Crippen LogP contribution in [-0.4, -0.2) is 21.0 Å². The number of fused-ring (bicyclic) bond motifs is 1. The largest absolute Gasteiger partial charge is 0.457 e. The minimum atomic E-state index is -0.461. The summed E-state index contributed by atoms with van der Waals surface area (Å²) in [4.78, 5) is 13.0. The fraction of sp³-hybridized carbons (Fsp3) is 0.233. The van der Waals surface area contributed by atoms with E-state index in [1.807, 2.05) is 50.2 Å². The van der Waals surface area contributed by atoms with Crippen molar-refractivity contribution in [3.8, 4) is 17.2 Å². The maximum absolute atomic E-state index is 14.1. The number of hydrogen-bond acceptors (Lipinski definition) is 5. The Morgan fingerprint density at radius 2 is 1.79 bits per heavy atom. The molecule has 0 spiro atoms. The van der Waals surface area contributed by atoms with Gasteiger partial charge in [-0.05, 0) is 56.3 Å².